The van der Waals surface area contributed by atoms with Gasteiger partial charge in [0.2, 0.25) is 15.9 Å². The maximum Gasteiger partial charge on any atom is 0.251 e. The Morgan fingerprint density at radius 1 is 1.22 bits per heavy atom. The molecule has 1 heterocycles. The van der Waals surface area contributed by atoms with Crippen molar-refractivity contribution in [3.63, 3.8) is 0 Å². The standard InChI is InChI=1S/C19H19FN2O4S/c1-13-12-27(25,26)22(19(13)24)17-4-2-3-15(11-17)18(23)21-10-9-14-5-7-16(20)8-6-14/h2-8,11,13H,9-10,12H2,1H3,(H,21,23)/t13-/m1/s1. The van der Waals surface area contributed by atoms with Crippen LogP contribution in [0.5, 0.6) is 0 Å². The minimum Gasteiger partial charge on any atom is -0.352 e. The normalized spacial score (nSPS) is 18.5. The molecule has 1 N–H and O–H groups in total. The van der Waals surface area contributed by atoms with Gasteiger partial charge in [0.1, 0.15) is 5.82 Å². The molecule has 1 fully saturated rings. The molecular formula is C19H19FN2O4S. The predicted molar refractivity (Wildman–Crippen MR) is 99.3 cm³/mol. The molecule has 0 aromatic heterocycles. The van der Waals surface area contributed by atoms with Crippen molar-refractivity contribution in [3.8, 4) is 0 Å². The zero-order valence-corrected chi connectivity index (χ0v) is 15.5. The van der Waals surface area contributed by atoms with E-state index < -0.39 is 21.8 Å². The Labute approximate surface area is 157 Å². The summed E-state index contributed by atoms with van der Waals surface area (Å²) in [6.07, 6.45) is 0.530. The lowest BCUT2D eigenvalue weighted by molar-refractivity contribution is -0.119. The van der Waals surface area contributed by atoms with E-state index in [0.717, 1.165) is 9.87 Å². The summed E-state index contributed by atoms with van der Waals surface area (Å²) in [7, 11) is -3.72. The first-order valence-corrected chi connectivity index (χ1v) is 10.1. The number of anilines is 1. The van der Waals surface area contributed by atoms with Crippen LogP contribution in [0, 0.1) is 11.7 Å². The fourth-order valence-electron chi connectivity index (χ4n) is 2.93. The molecule has 1 aliphatic rings. The van der Waals surface area contributed by atoms with Crippen molar-refractivity contribution >= 4 is 27.5 Å². The van der Waals surface area contributed by atoms with Crippen LogP contribution >= 0.6 is 0 Å². The minimum atomic E-state index is -3.72. The van der Waals surface area contributed by atoms with Gasteiger partial charge in [-0.1, -0.05) is 25.1 Å². The Balaban J connectivity index is 1.69. The number of sulfonamides is 1. The van der Waals surface area contributed by atoms with E-state index in [2.05, 4.69) is 5.32 Å². The van der Waals surface area contributed by atoms with E-state index in [0.29, 0.717) is 13.0 Å². The number of nitrogens with zero attached hydrogens (tertiary/aromatic N) is 1. The second-order valence-corrected chi connectivity index (χ2v) is 8.33. The number of nitrogens with one attached hydrogen (secondary N) is 1. The molecule has 0 bridgehead atoms. The molecule has 2 aromatic rings. The molecule has 27 heavy (non-hydrogen) atoms. The van der Waals surface area contributed by atoms with Crippen LogP contribution in [0.3, 0.4) is 0 Å². The van der Waals surface area contributed by atoms with Gasteiger partial charge in [0, 0.05) is 12.1 Å². The summed E-state index contributed by atoms with van der Waals surface area (Å²) in [5, 5.41) is 2.73. The molecule has 0 spiro atoms. The third-order valence-electron chi connectivity index (χ3n) is 4.32. The van der Waals surface area contributed by atoms with Crippen molar-refractivity contribution in [2.75, 3.05) is 16.6 Å². The van der Waals surface area contributed by atoms with E-state index in [9.17, 15) is 22.4 Å². The van der Waals surface area contributed by atoms with E-state index in [1.165, 1.54) is 30.3 Å². The topological polar surface area (TPSA) is 83.6 Å². The first-order chi connectivity index (χ1) is 12.8. The number of carbonyl (C=O) groups excluding carboxylic acids is 2. The van der Waals surface area contributed by atoms with Crippen LogP contribution in [-0.2, 0) is 21.2 Å². The maximum absolute atomic E-state index is 12.9. The molecule has 142 valence electrons. The predicted octanol–water partition coefficient (Wildman–Crippen LogP) is 2.11. The Hall–Kier alpha value is -2.74. The number of halogens is 1. The van der Waals surface area contributed by atoms with Gasteiger partial charge in [0.15, 0.2) is 0 Å². The van der Waals surface area contributed by atoms with Crippen LogP contribution in [0.25, 0.3) is 0 Å². The lowest BCUT2D eigenvalue weighted by Gasteiger charge is -2.16. The summed E-state index contributed by atoms with van der Waals surface area (Å²) < 4.78 is 38.1. The van der Waals surface area contributed by atoms with E-state index in [4.69, 9.17) is 0 Å². The summed E-state index contributed by atoms with van der Waals surface area (Å²) in [5.74, 6) is -2.04. The molecule has 0 saturated carbocycles. The fourth-order valence-corrected chi connectivity index (χ4v) is 4.75. The first-order valence-electron chi connectivity index (χ1n) is 8.47. The third-order valence-corrected chi connectivity index (χ3v) is 6.18. The van der Waals surface area contributed by atoms with Crippen LogP contribution in [0.15, 0.2) is 48.5 Å². The largest absolute Gasteiger partial charge is 0.352 e. The molecule has 6 nitrogen and oxygen atoms in total. The van der Waals surface area contributed by atoms with Gasteiger partial charge in [-0.15, -0.1) is 0 Å². The molecule has 2 aromatic carbocycles. The maximum atomic E-state index is 12.9. The van der Waals surface area contributed by atoms with Crippen molar-refractivity contribution in [2.24, 2.45) is 5.92 Å². The van der Waals surface area contributed by atoms with Crippen molar-refractivity contribution < 1.29 is 22.4 Å². The average molecular weight is 390 g/mol. The number of amides is 2. The highest BCUT2D eigenvalue weighted by atomic mass is 32.2. The summed E-state index contributed by atoms with van der Waals surface area (Å²) in [5.41, 5.74) is 1.30. The van der Waals surface area contributed by atoms with Gasteiger partial charge in [-0.2, -0.15) is 0 Å². The number of hydrogen-bond acceptors (Lipinski definition) is 4. The van der Waals surface area contributed by atoms with Crippen molar-refractivity contribution in [1.82, 2.24) is 5.32 Å². The molecule has 3 rings (SSSR count). The number of rotatable bonds is 5. The monoisotopic (exact) mass is 390 g/mol. The molecule has 2 amide bonds. The molecule has 0 unspecified atom stereocenters. The van der Waals surface area contributed by atoms with Gasteiger partial charge in [0.05, 0.1) is 17.4 Å². The number of benzene rings is 2. The highest BCUT2D eigenvalue weighted by Crippen LogP contribution is 2.28. The smallest absolute Gasteiger partial charge is 0.251 e. The summed E-state index contributed by atoms with van der Waals surface area (Å²) in [4.78, 5) is 24.5. The van der Waals surface area contributed by atoms with Crippen LogP contribution in [0.4, 0.5) is 10.1 Å². The third kappa shape index (κ3) is 4.16. The lowest BCUT2D eigenvalue weighted by atomic mass is 10.1. The molecular weight excluding hydrogens is 371 g/mol. The van der Waals surface area contributed by atoms with Crippen LogP contribution in [0.1, 0.15) is 22.8 Å². The van der Waals surface area contributed by atoms with Gasteiger partial charge in [0.25, 0.3) is 5.91 Å². The van der Waals surface area contributed by atoms with Crippen molar-refractivity contribution in [3.05, 3.63) is 65.5 Å². The van der Waals surface area contributed by atoms with Crippen LogP contribution in [-0.4, -0.2) is 32.5 Å². The zero-order chi connectivity index (χ0) is 19.6. The SMILES string of the molecule is C[C@@H]1CS(=O)(=O)N(c2cccc(C(=O)NCCc3ccc(F)cc3)c2)C1=O. The van der Waals surface area contributed by atoms with Crippen molar-refractivity contribution in [2.45, 2.75) is 13.3 Å². The molecule has 0 aliphatic carbocycles. The number of hydrogen-bond donors (Lipinski definition) is 1. The van der Waals surface area contributed by atoms with Gasteiger partial charge in [-0.25, -0.2) is 17.1 Å². The lowest BCUT2D eigenvalue weighted by Crippen LogP contribution is -2.31. The quantitative estimate of drug-likeness (QED) is 0.848. The van der Waals surface area contributed by atoms with Crippen LogP contribution in [0.2, 0.25) is 0 Å². The molecule has 8 heteroatoms. The first kappa shape index (κ1) is 19.0. The second-order valence-electron chi connectivity index (χ2n) is 6.46. The Morgan fingerprint density at radius 2 is 1.93 bits per heavy atom. The molecule has 1 atom stereocenters. The summed E-state index contributed by atoms with van der Waals surface area (Å²) in [6.45, 7) is 1.90. The van der Waals surface area contributed by atoms with E-state index in [1.807, 2.05) is 0 Å². The van der Waals surface area contributed by atoms with Crippen molar-refractivity contribution in [1.29, 1.82) is 0 Å². The Kier molecular flexibility index (Phi) is 5.27. The van der Waals surface area contributed by atoms with E-state index >= 15 is 0 Å². The minimum absolute atomic E-state index is 0.163. The molecule has 1 saturated heterocycles. The molecule has 0 radical (unpaired) electrons. The Bertz CT molecular complexity index is 973. The fraction of sp³-hybridized carbons (Fsp3) is 0.263. The van der Waals surface area contributed by atoms with E-state index in [-0.39, 0.29) is 28.7 Å². The van der Waals surface area contributed by atoms with Gasteiger partial charge in [-0.3, -0.25) is 9.59 Å². The zero-order valence-electron chi connectivity index (χ0n) is 14.7. The number of carbonyl (C=O) groups is 2. The van der Waals surface area contributed by atoms with Crippen LogP contribution < -0.4 is 9.62 Å². The Morgan fingerprint density at radius 3 is 2.56 bits per heavy atom. The molecule has 1 aliphatic heterocycles. The average Bonchev–Trinajstić information content (AvgIpc) is 2.83. The van der Waals surface area contributed by atoms with Gasteiger partial charge in [-0.05, 0) is 42.3 Å². The van der Waals surface area contributed by atoms with E-state index in [1.54, 1.807) is 25.1 Å². The highest BCUT2D eigenvalue weighted by Gasteiger charge is 2.42. The second kappa shape index (κ2) is 7.48. The summed E-state index contributed by atoms with van der Waals surface area (Å²) >= 11 is 0. The van der Waals surface area contributed by atoms with Gasteiger partial charge < -0.3 is 5.32 Å². The van der Waals surface area contributed by atoms with Gasteiger partial charge >= 0.3 is 0 Å². The highest BCUT2D eigenvalue weighted by molar-refractivity contribution is 7.94. The summed E-state index contributed by atoms with van der Waals surface area (Å²) in [6, 6.07) is 12.0.